The molecule has 104 valence electrons. The molecule has 0 spiro atoms. The summed E-state index contributed by atoms with van der Waals surface area (Å²) in [5, 5.41) is 3.05. The van der Waals surface area contributed by atoms with Crippen LogP contribution in [-0.4, -0.2) is 19.6 Å². The molecule has 1 amide bonds. The summed E-state index contributed by atoms with van der Waals surface area (Å²) in [5.74, 6) is 1.26. The second-order valence-electron chi connectivity index (χ2n) is 5.55. The first-order valence-corrected chi connectivity index (χ1v) is 7.39. The Morgan fingerprint density at radius 3 is 2.68 bits per heavy atom. The van der Waals surface area contributed by atoms with Crippen molar-refractivity contribution in [2.75, 3.05) is 13.7 Å². The highest BCUT2D eigenvalue weighted by atomic mass is 79.9. The van der Waals surface area contributed by atoms with Crippen molar-refractivity contribution in [1.82, 2.24) is 5.32 Å². The molecule has 1 aliphatic rings. The number of benzene rings is 1. The molecule has 0 atom stereocenters. The van der Waals surface area contributed by atoms with Crippen molar-refractivity contribution in [3.05, 3.63) is 28.2 Å². The number of ether oxygens (including phenoxy) is 1. The van der Waals surface area contributed by atoms with Gasteiger partial charge in [0.1, 0.15) is 5.75 Å². The van der Waals surface area contributed by atoms with Crippen LogP contribution in [0.2, 0.25) is 0 Å². The topological polar surface area (TPSA) is 38.3 Å². The third-order valence-corrected chi connectivity index (χ3v) is 4.83. The first-order valence-electron chi connectivity index (χ1n) is 6.60. The molecule has 1 aromatic carbocycles. The van der Waals surface area contributed by atoms with Gasteiger partial charge in [-0.1, -0.05) is 13.8 Å². The summed E-state index contributed by atoms with van der Waals surface area (Å²) in [6.45, 7) is 5.20. The number of methoxy groups -OCH3 is 1. The maximum Gasteiger partial charge on any atom is 0.252 e. The summed E-state index contributed by atoms with van der Waals surface area (Å²) in [4.78, 5) is 12.2. The van der Waals surface area contributed by atoms with Crippen molar-refractivity contribution in [3.63, 3.8) is 0 Å². The van der Waals surface area contributed by atoms with E-state index in [1.165, 1.54) is 12.8 Å². The standard InChI is InChI=1S/C15H20BrNO2/c1-10(2)15(6-7-15)9-17-14(18)12-8-11(19-3)4-5-13(12)16/h4-5,8,10H,6-7,9H2,1-3H3,(H,17,18). The third-order valence-electron chi connectivity index (χ3n) is 4.14. The van der Waals surface area contributed by atoms with Gasteiger partial charge in [0.15, 0.2) is 0 Å². The van der Waals surface area contributed by atoms with E-state index >= 15 is 0 Å². The van der Waals surface area contributed by atoms with E-state index in [0.29, 0.717) is 22.6 Å². The lowest BCUT2D eigenvalue weighted by Crippen LogP contribution is -2.32. The van der Waals surface area contributed by atoms with Crippen LogP contribution < -0.4 is 10.1 Å². The first-order chi connectivity index (χ1) is 8.98. The van der Waals surface area contributed by atoms with Crippen molar-refractivity contribution in [2.45, 2.75) is 26.7 Å². The molecule has 0 bridgehead atoms. The highest BCUT2D eigenvalue weighted by Gasteiger charge is 2.45. The molecule has 1 saturated carbocycles. The Morgan fingerprint density at radius 1 is 1.47 bits per heavy atom. The monoisotopic (exact) mass is 325 g/mol. The van der Waals surface area contributed by atoms with Crippen LogP contribution >= 0.6 is 15.9 Å². The molecule has 4 heteroatoms. The SMILES string of the molecule is COc1ccc(Br)c(C(=O)NCC2(C(C)C)CC2)c1. The zero-order valence-electron chi connectivity index (χ0n) is 11.6. The molecule has 2 rings (SSSR count). The number of nitrogens with one attached hydrogen (secondary N) is 1. The van der Waals surface area contributed by atoms with Gasteiger partial charge in [-0.3, -0.25) is 4.79 Å². The van der Waals surface area contributed by atoms with Crippen molar-refractivity contribution >= 4 is 21.8 Å². The molecule has 3 nitrogen and oxygen atoms in total. The van der Waals surface area contributed by atoms with Gasteiger partial charge < -0.3 is 10.1 Å². The average molecular weight is 326 g/mol. The second-order valence-corrected chi connectivity index (χ2v) is 6.40. The molecule has 1 aliphatic carbocycles. The lowest BCUT2D eigenvalue weighted by molar-refractivity contribution is 0.0938. The number of rotatable bonds is 5. The van der Waals surface area contributed by atoms with Crippen LogP contribution in [0.1, 0.15) is 37.0 Å². The van der Waals surface area contributed by atoms with Gasteiger partial charge in [0.05, 0.1) is 12.7 Å². The Balaban J connectivity index is 2.04. The zero-order valence-corrected chi connectivity index (χ0v) is 13.2. The van der Waals surface area contributed by atoms with Crippen molar-refractivity contribution < 1.29 is 9.53 Å². The average Bonchev–Trinajstić information content (AvgIpc) is 3.18. The van der Waals surface area contributed by atoms with Crippen molar-refractivity contribution in [3.8, 4) is 5.75 Å². The fourth-order valence-electron chi connectivity index (χ4n) is 2.28. The summed E-state index contributed by atoms with van der Waals surface area (Å²) in [5.41, 5.74) is 0.944. The smallest absolute Gasteiger partial charge is 0.252 e. The minimum atomic E-state index is -0.0438. The molecule has 0 aliphatic heterocycles. The van der Waals surface area contributed by atoms with Gasteiger partial charge in [-0.25, -0.2) is 0 Å². The summed E-state index contributed by atoms with van der Waals surface area (Å²) < 4.78 is 5.95. The van der Waals surface area contributed by atoms with Crippen LogP contribution in [0, 0.1) is 11.3 Å². The first kappa shape index (κ1) is 14.4. The van der Waals surface area contributed by atoms with E-state index in [0.717, 1.165) is 11.0 Å². The van der Waals surface area contributed by atoms with Gasteiger partial charge in [-0.15, -0.1) is 0 Å². The van der Waals surface area contributed by atoms with Crippen molar-refractivity contribution in [2.24, 2.45) is 11.3 Å². The highest BCUT2D eigenvalue weighted by molar-refractivity contribution is 9.10. The van der Waals surface area contributed by atoms with Crippen LogP contribution in [0.3, 0.4) is 0 Å². The van der Waals surface area contributed by atoms with Gasteiger partial charge in [-0.2, -0.15) is 0 Å². The number of carbonyl (C=O) groups is 1. The van der Waals surface area contributed by atoms with Gasteiger partial charge in [0.2, 0.25) is 0 Å². The van der Waals surface area contributed by atoms with E-state index in [2.05, 4.69) is 35.1 Å². The zero-order chi connectivity index (χ0) is 14.0. The molecule has 19 heavy (non-hydrogen) atoms. The van der Waals surface area contributed by atoms with Crippen LogP contribution in [-0.2, 0) is 0 Å². The van der Waals surface area contributed by atoms with E-state index in [1.54, 1.807) is 13.2 Å². The summed E-state index contributed by atoms with van der Waals surface area (Å²) >= 11 is 3.41. The summed E-state index contributed by atoms with van der Waals surface area (Å²) in [6.07, 6.45) is 2.43. The highest BCUT2D eigenvalue weighted by Crippen LogP contribution is 2.51. The molecule has 1 N–H and O–H groups in total. The van der Waals surface area contributed by atoms with E-state index in [9.17, 15) is 4.79 Å². The molecule has 0 radical (unpaired) electrons. The van der Waals surface area contributed by atoms with Gasteiger partial charge in [0.25, 0.3) is 5.91 Å². The van der Waals surface area contributed by atoms with Crippen LogP contribution in [0.4, 0.5) is 0 Å². The predicted molar refractivity (Wildman–Crippen MR) is 79.5 cm³/mol. The van der Waals surface area contributed by atoms with Gasteiger partial charge in [0, 0.05) is 11.0 Å². The minimum Gasteiger partial charge on any atom is -0.497 e. The van der Waals surface area contributed by atoms with E-state index in [1.807, 2.05) is 12.1 Å². The predicted octanol–water partition coefficient (Wildman–Crippen LogP) is 3.62. The molecule has 0 heterocycles. The maximum absolute atomic E-state index is 12.2. The molecule has 0 aromatic heterocycles. The van der Waals surface area contributed by atoms with E-state index in [4.69, 9.17) is 4.74 Å². The minimum absolute atomic E-state index is 0.0438. The van der Waals surface area contributed by atoms with Gasteiger partial charge >= 0.3 is 0 Å². The Kier molecular flexibility index (Phi) is 4.19. The van der Waals surface area contributed by atoms with Gasteiger partial charge in [-0.05, 0) is 58.3 Å². The molecule has 0 saturated heterocycles. The number of hydrogen-bond acceptors (Lipinski definition) is 2. The Morgan fingerprint density at radius 2 is 2.16 bits per heavy atom. The molecule has 1 aromatic rings. The number of halogens is 1. The second kappa shape index (κ2) is 5.53. The number of amides is 1. The number of carbonyl (C=O) groups excluding carboxylic acids is 1. The fourth-order valence-corrected chi connectivity index (χ4v) is 2.70. The Hall–Kier alpha value is -1.03. The third kappa shape index (κ3) is 3.11. The largest absolute Gasteiger partial charge is 0.497 e. The summed E-state index contributed by atoms with van der Waals surface area (Å²) in [7, 11) is 1.60. The van der Waals surface area contributed by atoms with Crippen LogP contribution in [0.25, 0.3) is 0 Å². The molecular weight excluding hydrogens is 306 g/mol. The normalized spacial score (nSPS) is 16.3. The molecular formula is C15H20BrNO2. The van der Waals surface area contributed by atoms with E-state index in [-0.39, 0.29) is 5.91 Å². The molecule has 1 fully saturated rings. The lowest BCUT2D eigenvalue weighted by Gasteiger charge is -2.20. The van der Waals surface area contributed by atoms with Crippen LogP contribution in [0.5, 0.6) is 5.75 Å². The molecule has 0 unspecified atom stereocenters. The van der Waals surface area contributed by atoms with Crippen molar-refractivity contribution in [1.29, 1.82) is 0 Å². The van der Waals surface area contributed by atoms with E-state index < -0.39 is 0 Å². The summed E-state index contributed by atoms with van der Waals surface area (Å²) in [6, 6.07) is 5.43. The maximum atomic E-state index is 12.2. The fraction of sp³-hybridized carbons (Fsp3) is 0.533. The van der Waals surface area contributed by atoms with Crippen LogP contribution in [0.15, 0.2) is 22.7 Å². The number of hydrogen-bond donors (Lipinski definition) is 1. The lowest BCUT2D eigenvalue weighted by atomic mass is 9.92. The Labute approximate surface area is 122 Å². The quantitative estimate of drug-likeness (QED) is 0.897. The Bertz CT molecular complexity index is 481.